The Hall–Kier alpha value is -3.46. The molecule has 0 unspecified atom stereocenters. The molecule has 0 aromatic carbocycles. The Bertz CT molecular complexity index is 1060. The van der Waals surface area contributed by atoms with Crippen molar-refractivity contribution in [2.24, 2.45) is 0 Å². The molecule has 0 saturated heterocycles. The Morgan fingerprint density at radius 3 is 2.85 bits per heavy atom. The molecular formula is C17H13N7OS. The maximum absolute atomic E-state index is 12.6. The average molecular weight is 363 g/mol. The lowest BCUT2D eigenvalue weighted by Gasteiger charge is -2.05. The molecule has 0 radical (unpaired) electrons. The zero-order valence-corrected chi connectivity index (χ0v) is 14.5. The molecule has 9 heteroatoms. The van der Waals surface area contributed by atoms with Crippen molar-refractivity contribution in [3.05, 3.63) is 65.7 Å². The Balaban J connectivity index is 1.57. The van der Waals surface area contributed by atoms with Gasteiger partial charge in [0.2, 0.25) is 0 Å². The van der Waals surface area contributed by atoms with Crippen LogP contribution in [0.15, 0.2) is 54.4 Å². The number of rotatable bonds is 4. The molecule has 128 valence electrons. The molecule has 0 atom stereocenters. The third kappa shape index (κ3) is 3.07. The molecule has 1 amide bonds. The number of nitrogens with one attached hydrogen (secondary N) is 1. The fraction of sp³-hybridized carbons (Fsp3) is 0.0588. The highest BCUT2D eigenvalue weighted by Gasteiger charge is 2.17. The molecule has 8 nitrogen and oxygen atoms in total. The number of nitrogens with zero attached hydrogens (tertiary/aromatic N) is 6. The first-order valence-electron chi connectivity index (χ1n) is 7.72. The summed E-state index contributed by atoms with van der Waals surface area (Å²) >= 11 is 1.34. The molecule has 4 heterocycles. The molecule has 0 bridgehead atoms. The lowest BCUT2D eigenvalue weighted by molar-refractivity contribution is 0.101. The highest BCUT2D eigenvalue weighted by atomic mass is 32.1. The number of hydrogen-bond donors (Lipinski definition) is 1. The van der Waals surface area contributed by atoms with E-state index in [2.05, 4.69) is 30.6 Å². The maximum atomic E-state index is 12.6. The summed E-state index contributed by atoms with van der Waals surface area (Å²) in [5.41, 5.74) is 3.56. The van der Waals surface area contributed by atoms with E-state index in [1.807, 2.05) is 24.4 Å². The van der Waals surface area contributed by atoms with Crippen molar-refractivity contribution < 1.29 is 4.79 Å². The van der Waals surface area contributed by atoms with Crippen LogP contribution in [0.4, 0.5) is 5.13 Å². The third-order valence-electron chi connectivity index (χ3n) is 3.67. The van der Waals surface area contributed by atoms with Crippen LogP contribution in [-0.2, 0) is 0 Å². The lowest BCUT2D eigenvalue weighted by Crippen LogP contribution is -2.16. The number of carbonyl (C=O) groups is 1. The predicted molar refractivity (Wildman–Crippen MR) is 97.2 cm³/mol. The van der Waals surface area contributed by atoms with Crippen molar-refractivity contribution in [1.29, 1.82) is 0 Å². The molecular weight excluding hydrogens is 350 g/mol. The van der Waals surface area contributed by atoms with Crippen molar-refractivity contribution >= 4 is 22.4 Å². The van der Waals surface area contributed by atoms with Gasteiger partial charge in [-0.05, 0) is 30.7 Å². The molecule has 4 aromatic heterocycles. The normalized spacial score (nSPS) is 10.7. The summed E-state index contributed by atoms with van der Waals surface area (Å²) in [5, 5.41) is 12.9. The lowest BCUT2D eigenvalue weighted by atomic mass is 10.2. The van der Waals surface area contributed by atoms with E-state index in [1.54, 1.807) is 30.7 Å². The van der Waals surface area contributed by atoms with Crippen LogP contribution in [0.3, 0.4) is 0 Å². The molecule has 0 saturated carbocycles. The fourth-order valence-corrected chi connectivity index (χ4v) is 3.11. The van der Waals surface area contributed by atoms with Gasteiger partial charge in [-0.2, -0.15) is 0 Å². The van der Waals surface area contributed by atoms with Gasteiger partial charge >= 0.3 is 0 Å². The summed E-state index contributed by atoms with van der Waals surface area (Å²) in [7, 11) is 0. The topological polar surface area (TPSA) is 98.5 Å². The van der Waals surface area contributed by atoms with Gasteiger partial charge in [-0.1, -0.05) is 11.3 Å². The van der Waals surface area contributed by atoms with Gasteiger partial charge < -0.3 is 0 Å². The van der Waals surface area contributed by atoms with Gasteiger partial charge in [0.05, 0.1) is 17.6 Å². The minimum atomic E-state index is -0.342. The van der Waals surface area contributed by atoms with E-state index in [4.69, 9.17) is 0 Å². The SMILES string of the molecule is Cc1cccnc1-c1csc(NC(=O)c2cnnn2-c2ccncc2)n1. The Morgan fingerprint density at radius 1 is 1.19 bits per heavy atom. The smallest absolute Gasteiger partial charge is 0.277 e. The van der Waals surface area contributed by atoms with Gasteiger partial charge in [-0.25, -0.2) is 9.67 Å². The van der Waals surface area contributed by atoms with E-state index in [0.29, 0.717) is 16.5 Å². The molecule has 26 heavy (non-hydrogen) atoms. The van der Waals surface area contributed by atoms with Crippen LogP contribution in [0.2, 0.25) is 0 Å². The van der Waals surface area contributed by atoms with Crippen molar-refractivity contribution in [3.8, 4) is 17.1 Å². The van der Waals surface area contributed by atoms with Gasteiger partial charge in [0.25, 0.3) is 5.91 Å². The van der Waals surface area contributed by atoms with Gasteiger partial charge in [0.15, 0.2) is 10.8 Å². The Morgan fingerprint density at radius 2 is 2.04 bits per heavy atom. The van der Waals surface area contributed by atoms with E-state index in [1.165, 1.54) is 22.2 Å². The highest BCUT2D eigenvalue weighted by molar-refractivity contribution is 7.14. The number of anilines is 1. The summed E-state index contributed by atoms with van der Waals surface area (Å²) < 4.78 is 1.45. The third-order valence-corrected chi connectivity index (χ3v) is 4.42. The van der Waals surface area contributed by atoms with Crippen LogP contribution in [-0.4, -0.2) is 35.9 Å². The number of thiazole rings is 1. The first-order valence-corrected chi connectivity index (χ1v) is 8.60. The minimum absolute atomic E-state index is 0.307. The van der Waals surface area contributed by atoms with E-state index in [9.17, 15) is 4.79 Å². The number of hydrogen-bond acceptors (Lipinski definition) is 7. The number of aromatic nitrogens is 6. The standard InChI is InChI=1S/C17H13N7OS/c1-11-3-2-6-19-15(11)13-10-26-17(21-13)22-16(25)14-9-20-23-24(14)12-4-7-18-8-5-12/h2-10H,1H3,(H,21,22,25). The summed E-state index contributed by atoms with van der Waals surface area (Å²) in [6.07, 6.45) is 6.38. The second kappa shape index (κ2) is 6.81. The van der Waals surface area contributed by atoms with Gasteiger partial charge in [0.1, 0.15) is 5.69 Å². The van der Waals surface area contributed by atoms with Crippen LogP contribution < -0.4 is 5.32 Å². The second-order valence-corrected chi connectivity index (χ2v) is 6.26. The van der Waals surface area contributed by atoms with Crippen LogP contribution in [0.1, 0.15) is 16.1 Å². The summed E-state index contributed by atoms with van der Waals surface area (Å²) in [5.74, 6) is -0.342. The Kier molecular flexibility index (Phi) is 4.20. The molecule has 4 aromatic rings. The molecule has 0 aliphatic carbocycles. The molecule has 4 rings (SSSR count). The molecule has 0 aliphatic heterocycles. The largest absolute Gasteiger partial charge is 0.296 e. The van der Waals surface area contributed by atoms with Gasteiger partial charge in [-0.3, -0.25) is 20.1 Å². The zero-order chi connectivity index (χ0) is 17.9. The van der Waals surface area contributed by atoms with Gasteiger partial charge in [-0.15, -0.1) is 16.4 Å². The minimum Gasteiger partial charge on any atom is -0.296 e. The van der Waals surface area contributed by atoms with E-state index in [0.717, 1.165) is 17.0 Å². The van der Waals surface area contributed by atoms with Crippen LogP contribution >= 0.6 is 11.3 Å². The van der Waals surface area contributed by atoms with E-state index in [-0.39, 0.29) is 5.91 Å². The monoisotopic (exact) mass is 363 g/mol. The summed E-state index contributed by atoms with van der Waals surface area (Å²) in [6.45, 7) is 1.97. The molecule has 0 fully saturated rings. The average Bonchev–Trinajstić information content (AvgIpc) is 3.32. The zero-order valence-electron chi connectivity index (χ0n) is 13.7. The summed E-state index contributed by atoms with van der Waals surface area (Å²) in [6, 6.07) is 7.34. The second-order valence-electron chi connectivity index (χ2n) is 5.40. The summed E-state index contributed by atoms with van der Waals surface area (Å²) in [4.78, 5) is 25.4. The number of aryl methyl sites for hydroxylation is 1. The highest BCUT2D eigenvalue weighted by Crippen LogP contribution is 2.25. The van der Waals surface area contributed by atoms with Crippen LogP contribution in [0.25, 0.3) is 17.1 Å². The first kappa shape index (κ1) is 16.0. The number of pyridine rings is 2. The number of amides is 1. The fourth-order valence-electron chi connectivity index (χ4n) is 2.42. The van der Waals surface area contributed by atoms with E-state index < -0.39 is 0 Å². The first-order chi connectivity index (χ1) is 12.7. The predicted octanol–water partition coefficient (Wildman–Crippen LogP) is 2.74. The van der Waals surface area contributed by atoms with Gasteiger partial charge in [0, 0.05) is 24.0 Å². The Labute approximate surface area is 152 Å². The van der Waals surface area contributed by atoms with E-state index >= 15 is 0 Å². The quantitative estimate of drug-likeness (QED) is 0.599. The van der Waals surface area contributed by atoms with Crippen LogP contribution in [0, 0.1) is 6.92 Å². The molecule has 1 N–H and O–H groups in total. The van der Waals surface area contributed by atoms with Crippen molar-refractivity contribution in [3.63, 3.8) is 0 Å². The van der Waals surface area contributed by atoms with Crippen molar-refractivity contribution in [2.45, 2.75) is 6.92 Å². The van der Waals surface area contributed by atoms with Crippen molar-refractivity contribution in [1.82, 2.24) is 29.9 Å². The molecule has 0 spiro atoms. The number of carbonyl (C=O) groups excluding carboxylic acids is 1. The van der Waals surface area contributed by atoms with Crippen molar-refractivity contribution in [2.75, 3.05) is 5.32 Å². The maximum Gasteiger partial charge on any atom is 0.277 e. The van der Waals surface area contributed by atoms with Crippen LogP contribution in [0.5, 0.6) is 0 Å². The molecule has 0 aliphatic rings.